The molecule has 0 atom stereocenters. The monoisotopic (exact) mass is 564 g/mol. The molecule has 4 heteroatoms. The van der Waals surface area contributed by atoms with Crippen molar-refractivity contribution in [1.29, 1.82) is 0 Å². The molecule has 0 N–H and O–H groups in total. The second-order valence-electron chi connectivity index (χ2n) is 11.7. The lowest BCUT2D eigenvalue weighted by atomic mass is 9.96. The molecule has 0 amide bonds. The van der Waals surface area contributed by atoms with Crippen LogP contribution in [0.4, 0.5) is 11.4 Å². The van der Waals surface area contributed by atoms with Crippen LogP contribution < -0.4 is 9.80 Å². The van der Waals surface area contributed by atoms with Gasteiger partial charge in [0.25, 0.3) is 0 Å². The zero-order valence-corrected chi connectivity index (χ0v) is 27.3. The van der Waals surface area contributed by atoms with Crippen LogP contribution in [0.1, 0.15) is 47.2 Å². The molecule has 0 bridgehead atoms. The number of benzene rings is 4. The molecule has 0 fully saturated rings. The van der Waals surface area contributed by atoms with E-state index in [-0.39, 0.29) is 0 Å². The molecule has 0 spiro atoms. The van der Waals surface area contributed by atoms with Crippen molar-refractivity contribution in [1.82, 2.24) is 9.80 Å². The van der Waals surface area contributed by atoms with Gasteiger partial charge < -0.3 is 19.6 Å². The van der Waals surface area contributed by atoms with Crippen molar-refractivity contribution in [3.63, 3.8) is 0 Å². The van der Waals surface area contributed by atoms with Gasteiger partial charge in [0.05, 0.1) is 0 Å². The fourth-order valence-electron chi connectivity index (χ4n) is 5.27. The second-order valence-corrected chi connectivity index (χ2v) is 11.7. The lowest BCUT2D eigenvalue weighted by Gasteiger charge is -2.23. The maximum atomic E-state index is 2.31. The summed E-state index contributed by atoms with van der Waals surface area (Å²) >= 11 is 0. The van der Waals surface area contributed by atoms with E-state index < -0.39 is 0 Å². The quantitative estimate of drug-likeness (QED) is 0.176. The molecule has 0 heterocycles. The third kappa shape index (κ3) is 9.75. The molecule has 4 aromatic rings. The van der Waals surface area contributed by atoms with Crippen LogP contribution in [0.25, 0.3) is 0 Å². The van der Waals surface area contributed by atoms with Gasteiger partial charge in [0.15, 0.2) is 0 Å². The van der Waals surface area contributed by atoms with Crippen molar-refractivity contribution in [2.45, 2.75) is 39.8 Å². The van der Waals surface area contributed by atoms with Crippen LogP contribution in [0.15, 0.2) is 97.1 Å². The average Bonchev–Trinajstić information content (AvgIpc) is 2.99. The van der Waals surface area contributed by atoms with E-state index >= 15 is 0 Å². The Morgan fingerprint density at radius 1 is 0.381 bits per heavy atom. The number of rotatable bonds is 12. The van der Waals surface area contributed by atoms with Crippen LogP contribution in [-0.2, 0) is 25.9 Å². The van der Waals surface area contributed by atoms with Crippen LogP contribution in [-0.4, -0.2) is 65.2 Å². The molecule has 0 saturated carbocycles. The van der Waals surface area contributed by atoms with Gasteiger partial charge in [-0.25, -0.2) is 0 Å². The minimum atomic E-state index is 0.973. The summed E-state index contributed by atoms with van der Waals surface area (Å²) in [4.78, 5) is 9.07. The molecule has 224 valence electrons. The van der Waals surface area contributed by atoms with Crippen LogP contribution in [0.5, 0.6) is 0 Å². The fraction of sp³-hybridized carbons (Fsp3) is 0.368. The largest absolute Gasteiger partial charge is 0.375 e. The lowest BCUT2D eigenvalue weighted by Crippen LogP contribution is -2.19. The van der Waals surface area contributed by atoms with Crippen LogP contribution in [0.2, 0.25) is 0 Å². The van der Waals surface area contributed by atoms with Crippen LogP contribution in [0.3, 0.4) is 0 Å². The van der Waals surface area contributed by atoms with Gasteiger partial charge in [-0.1, -0.05) is 84.9 Å². The van der Waals surface area contributed by atoms with Gasteiger partial charge >= 0.3 is 0 Å². The predicted octanol–water partition coefficient (Wildman–Crippen LogP) is 7.59. The van der Waals surface area contributed by atoms with E-state index in [9.17, 15) is 0 Å². The summed E-state index contributed by atoms with van der Waals surface area (Å²) in [5.41, 5.74) is 11.1. The number of hydrogen-bond acceptors (Lipinski definition) is 4. The molecular weight excluding hydrogens is 512 g/mol. The zero-order chi connectivity index (χ0) is 30.5. The Balaban J connectivity index is 0.000000230. The lowest BCUT2D eigenvalue weighted by molar-refractivity contribution is 0.399. The summed E-state index contributed by atoms with van der Waals surface area (Å²) in [6.07, 6.45) is 1.98. The first-order valence-corrected chi connectivity index (χ1v) is 15.2. The van der Waals surface area contributed by atoms with E-state index in [4.69, 9.17) is 0 Å². The SMILES string of the molecule is CCN(C)c1ccccc1Cc1ccccc1N(C)CC.CN(C)Cc1ccccc1Cc1ccccc1CN(C)C. The van der Waals surface area contributed by atoms with Crippen molar-refractivity contribution < 1.29 is 0 Å². The predicted molar refractivity (Wildman–Crippen MR) is 184 cm³/mol. The van der Waals surface area contributed by atoms with E-state index in [2.05, 4.69) is 173 Å². The van der Waals surface area contributed by atoms with Gasteiger partial charge in [-0.3, -0.25) is 0 Å². The van der Waals surface area contributed by atoms with Gasteiger partial charge in [-0.2, -0.15) is 0 Å². The van der Waals surface area contributed by atoms with E-state index in [1.807, 2.05) is 0 Å². The smallest absolute Gasteiger partial charge is 0.0399 e. The number of para-hydroxylation sites is 2. The molecule has 0 aliphatic rings. The molecule has 4 rings (SSSR count). The highest BCUT2D eigenvalue weighted by Gasteiger charge is 2.11. The minimum absolute atomic E-state index is 0.973. The van der Waals surface area contributed by atoms with Gasteiger partial charge in [-0.05, 0) is 94.0 Å². The first kappa shape index (κ1) is 32.9. The first-order valence-electron chi connectivity index (χ1n) is 15.2. The Morgan fingerprint density at radius 2 is 0.667 bits per heavy atom. The molecule has 4 nitrogen and oxygen atoms in total. The maximum absolute atomic E-state index is 2.31. The average molecular weight is 565 g/mol. The Bertz CT molecular complexity index is 1260. The fourth-order valence-corrected chi connectivity index (χ4v) is 5.27. The summed E-state index contributed by atoms with van der Waals surface area (Å²) in [7, 11) is 12.8. The number of anilines is 2. The van der Waals surface area contributed by atoms with Crippen molar-refractivity contribution in [3.05, 3.63) is 130 Å². The molecule has 4 aromatic carbocycles. The van der Waals surface area contributed by atoms with Crippen LogP contribution in [0, 0.1) is 0 Å². The maximum Gasteiger partial charge on any atom is 0.0399 e. The normalized spacial score (nSPS) is 10.9. The first-order chi connectivity index (χ1) is 20.2. The van der Waals surface area contributed by atoms with E-state index in [1.165, 1.54) is 44.8 Å². The van der Waals surface area contributed by atoms with Crippen LogP contribution >= 0.6 is 0 Å². The third-order valence-corrected chi connectivity index (χ3v) is 7.73. The molecule has 0 unspecified atom stereocenters. The van der Waals surface area contributed by atoms with Gasteiger partial charge in [0.2, 0.25) is 0 Å². The Hall–Kier alpha value is -3.60. The number of nitrogens with zero attached hydrogens (tertiary/aromatic N) is 4. The second kappa shape index (κ2) is 16.7. The summed E-state index contributed by atoms with van der Waals surface area (Å²) in [6, 6.07) is 35.0. The summed E-state index contributed by atoms with van der Waals surface area (Å²) in [5.74, 6) is 0. The van der Waals surface area contributed by atoms with Crippen molar-refractivity contribution in [2.24, 2.45) is 0 Å². The molecule has 0 aliphatic carbocycles. The minimum Gasteiger partial charge on any atom is -0.375 e. The molecule has 42 heavy (non-hydrogen) atoms. The van der Waals surface area contributed by atoms with Gasteiger partial charge in [0.1, 0.15) is 0 Å². The Kier molecular flexibility index (Phi) is 13.1. The zero-order valence-electron chi connectivity index (χ0n) is 27.3. The highest BCUT2D eigenvalue weighted by molar-refractivity contribution is 5.59. The van der Waals surface area contributed by atoms with Crippen molar-refractivity contribution in [3.8, 4) is 0 Å². The summed E-state index contributed by atoms with van der Waals surface area (Å²) in [6.45, 7) is 8.41. The van der Waals surface area contributed by atoms with E-state index in [1.54, 1.807) is 0 Å². The van der Waals surface area contributed by atoms with Gasteiger partial charge in [-0.15, -0.1) is 0 Å². The highest BCUT2D eigenvalue weighted by atomic mass is 15.1. The molecule has 0 radical (unpaired) electrons. The highest BCUT2D eigenvalue weighted by Crippen LogP contribution is 2.27. The topological polar surface area (TPSA) is 13.0 Å². The molecule has 0 saturated heterocycles. The Morgan fingerprint density at radius 3 is 1.00 bits per heavy atom. The molecular formula is C38H52N4. The Labute approximate surface area is 256 Å². The van der Waals surface area contributed by atoms with Gasteiger partial charge in [0, 0.05) is 58.1 Å². The number of hydrogen-bond donors (Lipinski definition) is 0. The third-order valence-electron chi connectivity index (χ3n) is 7.73. The standard InChI is InChI=1S/2C19H26N2/c1-20(2)14-18-11-7-5-9-16(18)13-17-10-6-8-12-19(17)15-21(3)4;1-5-20(3)18-13-9-7-11-16(18)15-17-12-8-10-14-19(17)21(4)6-2/h5-12H,13-15H2,1-4H3;7-14H,5-6,15H2,1-4H3. The van der Waals surface area contributed by atoms with Crippen molar-refractivity contribution >= 4 is 11.4 Å². The van der Waals surface area contributed by atoms with Crippen molar-refractivity contribution in [2.75, 3.05) is 65.2 Å². The molecule has 0 aromatic heterocycles. The summed E-state index contributed by atoms with van der Waals surface area (Å²) in [5, 5.41) is 0. The van der Waals surface area contributed by atoms with E-state index in [0.717, 1.165) is 39.0 Å². The van der Waals surface area contributed by atoms with E-state index in [0.29, 0.717) is 0 Å². The summed E-state index contributed by atoms with van der Waals surface area (Å²) < 4.78 is 0. The molecule has 0 aliphatic heterocycles.